The normalized spacial score (nSPS) is 10.7. The summed E-state index contributed by atoms with van der Waals surface area (Å²) in [6.45, 7) is 2.93. The second-order valence-corrected chi connectivity index (χ2v) is 7.50. The number of carbonyl (C=O) groups excluding carboxylic acids is 1. The molecule has 1 heterocycles. The van der Waals surface area contributed by atoms with Crippen LogP contribution in [0.4, 0.5) is 10.5 Å². The number of nitrogens with one attached hydrogen (secondary N) is 2. The molecule has 2 aromatic carbocycles. The fourth-order valence-corrected chi connectivity index (χ4v) is 3.71. The number of ether oxygens (including phenoxy) is 1. The third-order valence-corrected chi connectivity index (χ3v) is 5.33. The van der Waals surface area contributed by atoms with Crippen LogP contribution in [0.25, 0.3) is 10.9 Å². The number of urea groups is 1. The lowest BCUT2D eigenvalue weighted by Crippen LogP contribution is -2.35. The molecule has 0 aliphatic carbocycles. The van der Waals surface area contributed by atoms with E-state index in [2.05, 4.69) is 10.3 Å². The standard InChI is InChI=1S/C22H25N3O3S/c1-4-11-25(22(27)23-16-7-5-8-17(13-16)29-3)14-15-12-20(26)24-21-18(15)9-6-10-19(21)28-2/h5-10,12-13H,4,11,14H2,1-3H3,(H,23,27)(H,24,26). The molecule has 3 aromatic rings. The smallest absolute Gasteiger partial charge is 0.322 e. The van der Waals surface area contributed by atoms with Gasteiger partial charge in [-0.25, -0.2) is 4.79 Å². The van der Waals surface area contributed by atoms with Crippen molar-refractivity contribution in [2.75, 3.05) is 25.2 Å². The third-order valence-electron chi connectivity index (χ3n) is 4.61. The lowest BCUT2D eigenvalue weighted by molar-refractivity contribution is 0.209. The number of H-pyrrole nitrogens is 1. The van der Waals surface area contributed by atoms with Crippen molar-refractivity contribution < 1.29 is 9.53 Å². The Morgan fingerprint density at radius 1 is 1.21 bits per heavy atom. The van der Waals surface area contributed by atoms with Crippen LogP contribution in [-0.4, -0.2) is 35.8 Å². The average molecular weight is 412 g/mol. The van der Waals surface area contributed by atoms with Gasteiger partial charge < -0.3 is 19.9 Å². The third kappa shape index (κ3) is 4.92. The molecule has 0 unspecified atom stereocenters. The molecule has 0 radical (unpaired) electrons. The van der Waals surface area contributed by atoms with Gasteiger partial charge in [-0.05, 0) is 42.5 Å². The van der Waals surface area contributed by atoms with Gasteiger partial charge in [-0.2, -0.15) is 0 Å². The highest BCUT2D eigenvalue weighted by molar-refractivity contribution is 7.98. The fraction of sp³-hybridized carbons (Fsp3) is 0.273. The number of fused-ring (bicyclic) bond motifs is 1. The predicted molar refractivity (Wildman–Crippen MR) is 119 cm³/mol. The Balaban J connectivity index is 1.90. The Morgan fingerprint density at radius 2 is 2.00 bits per heavy atom. The molecule has 1 aromatic heterocycles. The van der Waals surface area contributed by atoms with E-state index in [4.69, 9.17) is 4.74 Å². The van der Waals surface area contributed by atoms with Crippen LogP contribution in [0.15, 0.2) is 58.2 Å². The van der Waals surface area contributed by atoms with Crippen LogP contribution in [0.3, 0.4) is 0 Å². The number of rotatable bonds is 7. The number of nitrogens with zero attached hydrogens (tertiary/aromatic N) is 1. The first-order valence-corrected chi connectivity index (χ1v) is 10.7. The van der Waals surface area contributed by atoms with Crippen molar-refractivity contribution in [3.63, 3.8) is 0 Å². The summed E-state index contributed by atoms with van der Waals surface area (Å²) in [7, 11) is 1.57. The molecule has 0 atom stereocenters. The summed E-state index contributed by atoms with van der Waals surface area (Å²) in [6, 6.07) is 14.7. The van der Waals surface area contributed by atoms with E-state index in [-0.39, 0.29) is 11.6 Å². The SMILES string of the molecule is CCCN(Cc1cc(=O)[nH]c2c(OC)cccc12)C(=O)Nc1cccc(SC)c1. The summed E-state index contributed by atoms with van der Waals surface area (Å²) in [5.74, 6) is 0.599. The molecule has 152 valence electrons. The summed E-state index contributed by atoms with van der Waals surface area (Å²) < 4.78 is 5.37. The number of benzene rings is 2. The van der Waals surface area contributed by atoms with Crippen molar-refractivity contribution in [1.82, 2.24) is 9.88 Å². The van der Waals surface area contributed by atoms with Crippen LogP contribution in [0.5, 0.6) is 5.75 Å². The zero-order valence-corrected chi connectivity index (χ0v) is 17.6. The number of carbonyl (C=O) groups is 1. The van der Waals surface area contributed by atoms with Crippen molar-refractivity contribution in [2.45, 2.75) is 24.8 Å². The Hall–Kier alpha value is -2.93. The molecular formula is C22H25N3O3S. The number of amides is 2. The van der Waals surface area contributed by atoms with E-state index >= 15 is 0 Å². The maximum absolute atomic E-state index is 12.9. The second-order valence-electron chi connectivity index (χ2n) is 6.63. The molecule has 29 heavy (non-hydrogen) atoms. The van der Waals surface area contributed by atoms with Crippen molar-refractivity contribution in [1.29, 1.82) is 0 Å². The van der Waals surface area contributed by atoms with E-state index in [9.17, 15) is 9.59 Å². The highest BCUT2D eigenvalue weighted by atomic mass is 32.2. The van der Waals surface area contributed by atoms with Crippen molar-refractivity contribution in [2.24, 2.45) is 0 Å². The highest BCUT2D eigenvalue weighted by Crippen LogP contribution is 2.26. The molecule has 0 spiro atoms. The molecule has 0 bridgehead atoms. The van der Waals surface area contributed by atoms with Gasteiger partial charge in [-0.3, -0.25) is 4.79 Å². The first-order valence-electron chi connectivity index (χ1n) is 9.44. The number of methoxy groups -OCH3 is 1. The second kappa shape index (κ2) is 9.52. The Bertz CT molecular complexity index is 1060. The number of hydrogen-bond donors (Lipinski definition) is 2. The first kappa shape index (κ1) is 20.8. The number of anilines is 1. The highest BCUT2D eigenvalue weighted by Gasteiger charge is 2.16. The molecule has 0 fully saturated rings. The topological polar surface area (TPSA) is 74.4 Å². The average Bonchev–Trinajstić information content (AvgIpc) is 2.73. The molecule has 2 N–H and O–H groups in total. The summed E-state index contributed by atoms with van der Waals surface area (Å²) in [5.41, 5.74) is 1.95. The van der Waals surface area contributed by atoms with Gasteiger partial charge in [0.15, 0.2) is 0 Å². The van der Waals surface area contributed by atoms with Crippen LogP contribution in [0, 0.1) is 0 Å². The number of aromatic amines is 1. The largest absolute Gasteiger partial charge is 0.495 e. The van der Waals surface area contributed by atoms with Gasteiger partial charge >= 0.3 is 6.03 Å². The minimum absolute atomic E-state index is 0.193. The molecule has 0 saturated heterocycles. The van der Waals surface area contributed by atoms with Crippen molar-refractivity contribution >= 4 is 34.4 Å². The van der Waals surface area contributed by atoms with Crippen molar-refractivity contribution in [3.05, 3.63) is 64.4 Å². The number of aromatic nitrogens is 1. The summed E-state index contributed by atoms with van der Waals surface area (Å²) >= 11 is 1.62. The monoisotopic (exact) mass is 411 g/mol. The zero-order valence-electron chi connectivity index (χ0n) is 16.8. The van der Waals surface area contributed by atoms with Gasteiger partial charge in [0, 0.05) is 35.1 Å². The number of hydrogen-bond acceptors (Lipinski definition) is 4. The quantitative estimate of drug-likeness (QED) is 0.553. The van der Waals surface area contributed by atoms with E-state index in [1.165, 1.54) is 0 Å². The van der Waals surface area contributed by atoms with Gasteiger partial charge in [-0.15, -0.1) is 11.8 Å². The Morgan fingerprint density at radius 3 is 2.72 bits per heavy atom. The molecule has 0 aliphatic rings. The molecule has 0 aliphatic heterocycles. The van der Waals surface area contributed by atoms with Crippen LogP contribution in [0.1, 0.15) is 18.9 Å². The van der Waals surface area contributed by atoms with Crippen LogP contribution in [-0.2, 0) is 6.54 Å². The number of para-hydroxylation sites is 1. The molecule has 3 rings (SSSR count). The maximum Gasteiger partial charge on any atom is 0.322 e. The lowest BCUT2D eigenvalue weighted by Gasteiger charge is -2.23. The maximum atomic E-state index is 12.9. The van der Waals surface area contributed by atoms with E-state index in [1.807, 2.05) is 49.6 Å². The van der Waals surface area contributed by atoms with Gasteiger partial charge in [0.1, 0.15) is 5.75 Å². The predicted octanol–water partition coefficient (Wildman–Crippen LogP) is 4.70. The minimum Gasteiger partial charge on any atom is -0.495 e. The Kier molecular flexibility index (Phi) is 6.82. The van der Waals surface area contributed by atoms with E-state index in [0.29, 0.717) is 24.4 Å². The first-order chi connectivity index (χ1) is 14.0. The van der Waals surface area contributed by atoms with Gasteiger partial charge in [0.25, 0.3) is 0 Å². The summed E-state index contributed by atoms with van der Waals surface area (Å²) in [6.07, 6.45) is 2.80. The fourth-order valence-electron chi connectivity index (χ4n) is 3.26. The van der Waals surface area contributed by atoms with Crippen LogP contribution in [0.2, 0.25) is 0 Å². The molecular weight excluding hydrogens is 386 g/mol. The molecule has 0 saturated carbocycles. The Labute approximate surface area is 174 Å². The van der Waals surface area contributed by atoms with E-state index in [0.717, 1.165) is 28.0 Å². The number of pyridine rings is 1. The van der Waals surface area contributed by atoms with E-state index in [1.54, 1.807) is 35.9 Å². The molecule has 7 heteroatoms. The summed E-state index contributed by atoms with van der Waals surface area (Å²) in [4.78, 5) is 30.8. The number of thioether (sulfide) groups is 1. The summed E-state index contributed by atoms with van der Waals surface area (Å²) in [5, 5.41) is 3.83. The lowest BCUT2D eigenvalue weighted by atomic mass is 10.1. The van der Waals surface area contributed by atoms with Gasteiger partial charge in [0.05, 0.1) is 12.6 Å². The van der Waals surface area contributed by atoms with E-state index < -0.39 is 0 Å². The minimum atomic E-state index is -0.221. The molecule has 2 amide bonds. The van der Waals surface area contributed by atoms with Crippen LogP contribution >= 0.6 is 11.8 Å². The zero-order chi connectivity index (χ0) is 20.8. The van der Waals surface area contributed by atoms with Crippen LogP contribution < -0.4 is 15.6 Å². The molecule has 6 nitrogen and oxygen atoms in total. The van der Waals surface area contributed by atoms with Crippen molar-refractivity contribution in [3.8, 4) is 5.75 Å². The van der Waals surface area contributed by atoms with Gasteiger partial charge in [-0.1, -0.05) is 25.1 Å². The van der Waals surface area contributed by atoms with Gasteiger partial charge in [0.2, 0.25) is 5.56 Å².